The minimum absolute atomic E-state index is 0.179. The first-order valence-electron chi connectivity index (χ1n) is 6.21. The topological polar surface area (TPSA) is 57.2 Å². The Kier molecular flexibility index (Phi) is 8.16. The van der Waals surface area contributed by atoms with E-state index in [1.807, 2.05) is 30.3 Å². The molecule has 1 rings (SSSR count). The summed E-state index contributed by atoms with van der Waals surface area (Å²) in [6, 6.07) is 9.35. The van der Waals surface area contributed by atoms with E-state index in [2.05, 4.69) is 0 Å². The second-order valence-corrected chi connectivity index (χ2v) is 4.14. The summed E-state index contributed by atoms with van der Waals surface area (Å²) in [4.78, 5) is 0. The number of hydrogen-bond donors (Lipinski definition) is 1. The van der Waals surface area contributed by atoms with Crippen molar-refractivity contribution in [3.63, 3.8) is 0 Å². The first-order chi connectivity index (χ1) is 9.26. The SMILES string of the molecule is COCC(COC)OC[C@H](O)COc1ccccc1. The summed E-state index contributed by atoms with van der Waals surface area (Å²) in [6.07, 6.45) is -0.863. The fourth-order valence-corrected chi connectivity index (χ4v) is 1.52. The molecule has 5 nitrogen and oxygen atoms in total. The number of hydrogen-bond acceptors (Lipinski definition) is 5. The van der Waals surface area contributed by atoms with Gasteiger partial charge in [-0.2, -0.15) is 0 Å². The maximum Gasteiger partial charge on any atom is 0.119 e. The van der Waals surface area contributed by atoms with Crippen LogP contribution < -0.4 is 4.74 Å². The third-order valence-electron chi connectivity index (χ3n) is 2.42. The summed E-state index contributed by atoms with van der Waals surface area (Å²) in [5, 5.41) is 9.76. The quantitative estimate of drug-likeness (QED) is 0.690. The van der Waals surface area contributed by atoms with Crippen molar-refractivity contribution in [2.75, 3.05) is 40.6 Å². The molecule has 0 aliphatic heterocycles. The molecule has 1 aromatic carbocycles. The fraction of sp³-hybridized carbons (Fsp3) is 0.571. The van der Waals surface area contributed by atoms with Gasteiger partial charge in [-0.1, -0.05) is 18.2 Å². The Hall–Kier alpha value is -1.14. The molecule has 0 amide bonds. The van der Waals surface area contributed by atoms with Crippen LogP contribution >= 0.6 is 0 Å². The van der Waals surface area contributed by atoms with Gasteiger partial charge in [-0.3, -0.25) is 0 Å². The number of rotatable bonds is 10. The molecule has 19 heavy (non-hydrogen) atoms. The van der Waals surface area contributed by atoms with Gasteiger partial charge in [-0.05, 0) is 12.1 Å². The van der Waals surface area contributed by atoms with E-state index >= 15 is 0 Å². The Labute approximate surface area is 114 Å². The van der Waals surface area contributed by atoms with E-state index in [-0.39, 0.29) is 19.3 Å². The van der Waals surface area contributed by atoms with Gasteiger partial charge in [-0.15, -0.1) is 0 Å². The summed E-state index contributed by atoms with van der Waals surface area (Å²) >= 11 is 0. The van der Waals surface area contributed by atoms with Gasteiger partial charge >= 0.3 is 0 Å². The van der Waals surface area contributed by atoms with Crippen molar-refractivity contribution in [1.29, 1.82) is 0 Å². The van der Waals surface area contributed by atoms with E-state index in [0.717, 1.165) is 5.75 Å². The Morgan fingerprint density at radius 3 is 2.16 bits per heavy atom. The zero-order valence-electron chi connectivity index (χ0n) is 11.5. The predicted molar refractivity (Wildman–Crippen MR) is 71.4 cm³/mol. The molecule has 1 aromatic rings. The Balaban J connectivity index is 2.21. The lowest BCUT2D eigenvalue weighted by Crippen LogP contribution is -2.31. The van der Waals surface area contributed by atoms with Crippen LogP contribution in [0.3, 0.4) is 0 Å². The van der Waals surface area contributed by atoms with Crippen LogP contribution in [0.25, 0.3) is 0 Å². The molecular formula is C14H22O5. The molecule has 0 heterocycles. The molecule has 0 aliphatic carbocycles. The number of para-hydroxylation sites is 1. The Morgan fingerprint density at radius 2 is 1.58 bits per heavy atom. The van der Waals surface area contributed by atoms with Gasteiger partial charge in [0.15, 0.2) is 0 Å². The molecule has 0 fully saturated rings. The van der Waals surface area contributed by atoms with Crippen LogP contribution in [0.5, 0.6) is 5.75 Å². The molecule has 0 unspecified atom stereocenters. The van der Waals surface area contributed by atoms with Crippen LogP contribution in [0.4, 0.5) is 0 Å². The zero-order chi connectivity index (χ0) is 13.9. The minimum Gasteiger partial charge on any atom is -0.491 e. The molecule has 0 aromatic heterocycles. The van der Waals surface area contributed by atoms with Gasteiger partial charge in [0.25, 0.3) is 0 Å². The van der Waals surface area contributed by atoms with E-state index in [9.17, 15) is 5.11 Å². The molecule has 1 N–H and O–H groups in total. The van der Waals surface area contributed by atoms with Crippen molar-refractivity contribution in [3.8, 4) is 5.75 Å². The molecule has 5 heteroatoms. The van der Waals surface area contributed by atoms with E-state index in [4.69, 9.17) is 18.9 Å². The molecular weight excluding hydrogens is 248 g/mol. The average Bonchev–Trinajstić information content (AvgIpc) is 2.44. The summed E-state index contributed by atoms with van der Waals surface area (Å²) < 4.78 is 20.9. The number of benzene rings is 1. The Morgan fingerprint density at radius 1 is 0.947 bits per heavy atom. The molecule has 0 spiro atoms. The van der Waals surface area contributed by atoms with Gasteiger partial charge in [0.2, 0.25) is 0 Å². The highest BCUT2D eigenvalue weighted by molar-refractivity contribution is 5.20. The first kappa shape index (κ1) is 15.9. The third kappa shape index (κ3) is 7.12. The minimum atomic E-state index is -0.684. The van der Waals surface area contributed by atoms with E-state index in [1.54, 1.807) is 14.2 Å². The van der Waals surface area contributed by atoms with Crippen molar-refractivity contribution in [3.05, 3.63) is 30.3 Å². The maximum atomic E-state index is 9.76. The lowest BCUT2D eigenvalue weighted by atomic mass is 10.3. The largest absolute Gasteiger partial charge is 0.491 e. The van der Waals surface area contributed by atoms with Crippen molar-refractivity contribution in [2.45, 2.75) is 12.2 Å². The van der Waals surface area contributed by atoms with Gasteiger partial charge in [0, 0.05) is 14.2 Å². The summed E-state index contributed by atoms with van der Waals surface area (Å²) in [5.41, 5.74) is 0. The monoisotopic (exact) mass is 270 g/mol. The van der Waals surface area contributed by atoms with Crippen LogP contribution in [0.15, 0.2) is 30.3 Å². The lowest BCUT2D eigenvalue weighted by molar-refractivity contribution is -0.0741. The van der Waals surface area contributed by atoms with Crippen molar-refractivity contribution >= 4 is 0 Å². The van der Waals surface area contributed by atoms with Gasteiger partial charge in [0.1, 0.15) is 24.6 Å². The van der Waals surface area contributed by atoms with Gasteiger partial charge < -0.3 is 24.1 Å². The van der Waals surface area contributed by atoms with E-state index in [1.165, 1.54) is 0 Å². The molecule has 108 valence electrons. The van der Waals surface area contributed by atoms with Crippen LogP contribution in [0, 0.1) is 0 Å². The molecule has 0 saturated heterocycles. The molecule has 1 atom stereocenters. The maximum absolute atomic E-state index is 9.76. The van der Waals surface area contributed by atoms with Crippen molar-refractivity contribution in [2.24, 2.45) is 0 Å². The second-order valence-electron chi connectivity index (χ2n) is 4.14. The predicted octanol–water partition coefficient (Wildman–Crippen LogP) is 1.10. The summed E-state index contributed by atoms with van der Waals surface area (Å²) in [7, 11) is 3.20. The Bertz CT molecular complexity index is 311. The standard InChI is InChI=1S/C14H22O5/c1-16-10-14(11-17-2)19-9-12(15)8-18-13-6-4-3-5-7-13/h3-7,12,14-15H,8-11H2,1-2H3/t12-/m1/s1. The highest BCUT2D eigenvalue weighted by Crippen LogP contribution is 2.08. The van der Waals surface area contributed by atoms with Crippen LogP contribution in [-0.4, -0.2) is 58.0 Å². The highest BCUT2D eigenvalue weighted by Gasteiger charge is 2.12. The second kappa shape index (κ2) is 9.75. The van der Waals surface area contributed by atoms with E-state index in [0.29, 0.717) is 13.2 Å². The fourth-order valence-electron chi connectivity index (χ4n) is 1.52. The molecule has 0 radical (unpaired) electrons. The normalized spacial score (nSPS) is 12.6. The summed E-state index contributed by atoms with van der Waals surface area (Å²) in [5.74, 6) is 0.729. The number of ether oxygens (including phenoxy) is 4. The summed E-state index contributed by atoms with van der Waals surface area (Å²) in [6.45, 7) is 1.24. The van der Waals surface area contributed by atoms with Crippen molar-refractivity contribution < 1.29 is 24.1 Å². The van der Waals surface area contributed by atoms with Gasteiger partial charge in [0.05, 0.1) is 19.8 Å². The average molecular weight is 270 g/mol. The van der Waals surface area contributed by atoms with E-state index < -0.39 is 6.10 Å². The zero-order valence-corrected chi connectivity index (χ0v) is 11.5. The highest BCUT2D eigenvalue weighted by atomic mass is 16.6. The lowest BCUT2D eigenvalue weighted by Gasteiger charge is -2.19. The van der Waals surface area contributed by atoms with Crippen molar-refractivity contribution in [1.82, 2.24) is 0 Å². The van der Waals surface area contributed by atoms with Gasteiger partial charge in [-0.25, -0.2) is 0 Å². The number of aliphatic hydroxyl groups excluding tert-OH is 1. The van der Waals surface area contributed by atoms with Crippen LogP contribution in [0.2, 0.25) is 0 Å². The molecule has 0 bridgehead atoms. The number of aliphatic hydroxyl groups is 1. The molecule has 0 aliphatic rings. The first-order valence-corrected chi connectivity index (χ1v) is 6.21. The molecule has 0 saturated carbocycles. The van der Waals surface area contributed by atoms with Crippen LogP contribution in [0.1, 0.15) is 0 Å². The smallest absolute Gasteiger partial charge is 0.119 e. The van der Waals surface area contributed by atoms with Crippen LogP contribution in [-0.2, 0) is 14.2 Å². The third-order valence-corrected chi connectivity index (χ3v) is 2.42. The number of methoxy groups -OCH3 is 2.